The second-order valence-corrected chi connectivity index (χ2v) is 7.70. The van der Waals surface area contributed by atoms with Gasteiger partial charge >= 0.3 is 0 Å². The molecular weight excluding hydrogens is 270 g/mol. The normalized spacial score (nSPS) is 39.0. The van der Waals surface area contributed by atoms with E-state index in [1.165, 1.54) is 24.1 Å². The lowest BCUT2D eigenvalue weighted by molar-refractivity contribution is 0.0292. The Morgan fingerprint density at radius 3 is 2.85 bits per heavy atom. The average molecular weight is 293 g/mol. The van der Waals surface area contributed by atoms with E-state index in [2.05, 4.69) is 16.8 Å². The fourth-order valence-corrected chi connectivity index (χ4v) is 5.26. The van der Waals surface area contributed by atoms with E-state index < -0.39 is 0 Å². The van der Waals surface area contributed by atoms with E-state index in [1.807, 2.05) is 6.07 Å². The highest BCUT2D eigenvalue weighted by Crippen LogP contribution is 2.65. The lowest BCUT2D eigenvalue weighted by Gasteiger charge is -2.14. The summed E-state index contributed by atoms with van der Waals surface area (Å²) in [6.45, 7) is 1.73. The van der Waals surface area contributed by atoms with Gasteiger partial charge in [0.05, 0.1) is 19.3 Å². The van der Waals surface area contributed by atoms with Gasteiger partial charge in [0.25, 0.3) is 0 Å². The molecule has 0 radical (unpaired) electrons. The summed E-state index contributed by atoms with van der Waals surface area (Å²) in [5.74, 6) is 3.87. The monoisotopic (exact) mass is 293 g/mol. The molecule has 5 atom stereocenters. The molecule has 0 aromatic carbocycles. The van der Waals surface area contributed by atoms with E-state index in [4.69, 9.17) is 4.74 Å². The van der Waals surface area contributed by atoms with Crippen LogP contribution in [-0.2, 0) is 11.3 Å². The zero-order chi connectivity index (χ0) is 13.5. The van der Waals surface area contributed by atoms with Crippen LogP contribution < -0.4 is 5.32 Å². The minimum Gasteiger partial charge on any atom is -0.389 e. The van der Waals surface area contributed by atoms with E-state index in [1.54, 1.807) is 11.3 Å². The SMILES string of the molecule is OC(CNC1C2C3CCC(C3)C12)COCc1cccs1. The Hall–Kier alpha value is -0.420. The summed E-state index contributed by atoms with van der Waals surface area (Å²) in [5, 5.41) is 15.6. The molecule has 3 nitrogen and oxygen atoms in total. The van der Waals surface area contributed by atoms with Crippen molar-refractivity contribution in [3.8, 4) is 0 Å². The van der Waals surface area contributed by atoms with Gasteiger partial charge in [-0.25, -0.2) is 0 Å². The van der Waals surface area contributed by atoms with Crippen LogP contribution in [0.1, 0.15) is 24.1 Å². The number of hydrogen-bond acceptors (Lipinski definition) is 4. The fourth-order valence-electron chi connectivity index (χ4n) is 4.62. The molecule has 2 bridgehead atoms. The molecule has 3 saturated carbocycles. The van der Waals surface area contributed by atoms with Gasteiger partial charge in [-0.05, 0) is 54.4 Å². The molecule has 1 heterocycles. The van der Waals surface area contributed by atoms with Crippen molar-refractivity contribution in [3.63, 3.8) is 0 Å². The smallest absolute Gasteiger partial charge is 0.0897 e. The molecular formula is C16H23NO2S. The van der Waals surface area contributed by atoms with E-state index in [-0.39, 0.29) is 6.10 Å². The van der Waals surface area contributed by atoms with Crippen LogP contribution in [0.25, 0.3) is 0 Å². The summed E-state index contributed by atoms with van der Waals surface area (Å²) in [6.07, 6.45) is 4.02. The molecule has 4 rings (SSSR count). The Balaban J connectivity index is 1.14. The van der Waals surface area contributed by atoms with Crippen LogP contribution in [0.15, 0.2) is 17.5 Å². The second kappa shape index (κ2) is 5.41. The third-order valence-electron chi connectivity index (χ3n) is 5.46. The highest BCUT2D eigenvalue weighted by atomic mass is 32.1. The zero-order valence-electron chi connectivity index (χ0n) is 11.7. The average Bonchev–Trinajstić information content (AvgIpc) is 2.88. The molecule has 5 unspecified atom stereocenters. The Bertz CT molecular complexity index is 433. The van der Waals surface area contributed by atoms with Gasteiger partial charge in [0.15, 0.2) is 0 Å². The van der Waals surface area contributed by atoms with Crippen LogP contribution in [0.4, 0.5) is 0 Å². The van der Waals surface area contributed by atoms with Crippen molar-refractivity contribution in [2.24, 2.45) is 23.7 Å². The van der Waals surface area contributed by atoms with E-state index in [0.29, 0.717) is 25.8 Å². The summed E-state index contributed by atoms with van der Waals surface area (Å²) >= 11 is 1.70. The number of aliphatic hydroxyl groups is 1. The minimum atomic E-state index is -0.381. The van der Waals surface area contributed by atoms with Crippen molar-refractivity contribution in [1.82, 2.24) is 5.32 Å². The topological polar surface area (TPSA) is 41.5 Å². The fraction of sp³-hybridized carbons (Fsp3) is 0.750. The number of thiophene rings is 1. The first-order valence-electron chi connectivity index (χ1n) is 7.84. The standard InChI is InChI=1S/C16H23NO2S/c18-12(8-19-9-13-2-1-5-20-13)7-17-16-14-10-3-4-11(6-10)15(14)16/h1-2,5,10-12,14-18H,3-4,6-9H2. The molecule has 0 saturated heterocycles. The van der Waals surface area contributed by atoms with Crippen molar-refractivity contribution >= 4 is 11.3 Å². The van der Waals surface area contributed by atoms with E-state index in [0.717, 1.165) is 23.7 Å². The van der Waals surface area contributed by atoms with Gasteiger partial charge < -0.3 is 15.2 Å². The maximum Gasteiger partial charge on any atom is 0.0897 e. The second-order valence-electron chi connectivity index (χ2n) is 6.67. The summed E-state index contributed by atoms with van der Waals surface area (Å²) in [7, 11) is 0. The summed E-state index contributed by atoms with van der Waals surface area (Å²) in [6, 6.07) is 4.80. The molecule has 1 aromatic heterocycles. The number of hydrogen-bond donors (Lipinski definition) is 2. The Kier molecular flexibility index (Phi) is 3.59. The van der Waals surface area contributed by atoms with Gasteiger partial charge in [0, 0.05) is 17.5 Å². The highest BCUT2D eigenvalue weighted by molar-refractivity contribution is 7.09. The van der Waals surface area contributed by atoms with Crippen molar-refractivity contribution < 1.29 is 9.84 Å². The Labute approximate surface area is 124 Å². The zero-order valence-corrected chi connectivity index (χ0v) is 12.5. The van der Waals surface area contributed by atoms with Crippen LogP contribution >= 0.6 is 11.3 Å². The van der Waals surface area contributed by atoms with Crippen molar-refractivity contribution in [3.05, 3.63) is 22.4 Å². The van der Waals surface area contributed by atoms with Gasteiger partial charge in [0.1, 0.15) is 0 Å². The lowest BCUT2D eigenvalue weighted by Crippen LogP contribution is -2.34. The number of aliphatic hydroxyl groups excluding tert-OH is 1. The molecule has 1 aromatic rings. The number of ether oxygens (including phenoxy) is 1. The summed E-state index contributed by atoms with van der Waals surface area (Å²) in [4.78, 5) is 1.22. The maximum atomic E-state index is 9.98. The van der Waals surface area contributed by atoms with Gasteiger partial charge in [0.2, 0.25) is 0 Å². The molecule has 3 aliphatic carbocycles. The molecule has 2 N–H and O–H groups in total. The van der Waals surface area contributed by atoms with Crippen LogP contribution in [0.2, 0.25) is 0 Å². The molecule has 3 aliphatic rings. The minimum absolute atomic E-state index is 0.381. The number of rotatable bonds is 7. The summed E-state index contributed by atoms with van der Waals surface area (Å²) in [5.41, 5.74) is 0. The predicted molar refractivity (Wildman–Crippen MR) is 79.6 cm³/mol. The van der Waals surface area contributed by atoms with Crippen LogP contribution in [0.3, 0.4) is 0 Å². The number of fused-ring (bicyclic) bond motifs is 5. The molecule has 0 amide bonds. The summed E-state index contributed by atoms with van der Waals surface area (Å²) < 4.78 is 5.56. The largest absolute Gasteiger partial charge is 0.389 e. The first-order valence-corrected chi connectivity index (χ1v) is 8.72. The lowest BCUT2D eigenvalue weighted by atomic mass is 10.0. The molecule has 4 heteroatoms. The van der Waals surface area contributed by atoms with Crippen molar-refractivity contribution in [1.29, 1.82) is 0 Å². The first-order chi connectivity index (χ1) is 9.83. The van der Waals surface area contributed by atoms with Crippen molar-refractivity contribution in [2.45, 2.75) is 38.0 Å². The van der Waals surface area contributed by atoms with E-state index in [9.17, 15) is 5.11 Å². The first kappa shape index (κ1) is 13.3. The predicted octanol–water partition coefficient (Wildman–Crippen LogP) is 2.26. The third kappa shape index (κ3) is 2.43. The molecule has 20 heavy (non-hydrogen) atoms. The molecule has 110 valence electrons. The van der Waals surface area contributed by atoms with Gasteiger partial charge in [-0.1, -0.05) is 6.07 Å². The quantitative estimate of drug-likeness (QED) is 0.810. The van der Waals surface area contributed by atoms with Gasteiger partial charge in [-0.15, -0.1) is 11.3 Å². The maximum absolute atomic E-state index is 9.98. The molecule has 0 spiro atoms. The van der Waals surface area contributed by atoms with Crippen LogP contribution in [0, 0.1) is 23.7 Å². The van der Waals surface area contributed by atoms with E-state index >= 15 is 0 Å². The third-order valence-corrected chi connectivity index (χ3v) is 6.31. The van der Waals surface area contributed by atoms with Crippen LogP contribution in [0.5, 0.6) is 0 Å². The highest BCUT2D eigenvalue weighted by Gasteiger charge is 2.64. The molecule has 3 fully saturated rings. The van der Waals surface area contributed by atoms with Gasteiger partial charge in [-0.2, -0.15) is 0 Å². The Morgan fingerprint density at radius 1 is 1.35 bits per heavy atom. The van der Waals surface area contributed by atoms with Crippen LogP contribution in [-0.4, -0.2) is 30.4 Å². The number of nitrogens with one attached hydrogen (secondary N) is 1. The van der Waals surface area contributed by atoms with Crippen molar-refractivity contribution in [2.75, 3.05) is 13.2 Å². The molecule has 0 aliphatic heterocycles. The Morgan fingerprint density at radius 2 is 2.15 bits per heavy atom. The van der Waals surface area contributed by atoms with Gasteiger partial charge in [-0.3, -0.25) is 0 Å².